The molecule has 0 aliphatic rings. The van der Waals surface area contributed by atoms with Crippen molar-refractivity contribution >= 4 is 28.3 Å². The highest BCUT2D eigenvalue weighted by Crippen LogP contribution is 2.26. The number of esters is 1. The summed E-state index contributed by atoms with van der Waals surface area (Å²) in [5.41, 5.74) is 2.23. The van der Waals surface area contributed by atoms with Crippen LogP contribution in [0, 0.1) is 0 Å². The van der Waals surface area contributed by atoms with Gasteiger partial charge in [0, 0.05) is 22.7 Å². The number of H-pyrrole nitrogens is 1. The number of nitrogens with zero attached hydrogens (tertiary/aromatic N) is 1. The number of anilines is 1. The molecule has 0 fully saturated rings. The van der Waals surface area contributed by atoms with Crippen molar-refractivity contribution in [1.29, 1.82) is 0 Å². The largest absolute Gasteiger partial charge is 0.494 e. The number of carbonyl (C=O) groups is 2. The number of methoxy groups -OCH3 is 1. The smallest absolute Gasteiger partial charge is 0.354 e. The van der Waals surface area contributed by atoms with E-state index in [2.05, 4.69) is 20.0 Å². The van der Waals surface area contributed by atoms with Gasteiger partial charge in [-0.15, -0.1) is 11.3 Å². The molecule has 0 saturated carbocycles. The Morgan fingerprint density at radius 2 is 2.15 bits per heavy atom. The quantitative estimate of drug-likeness (QED) is 0.600. The van der Waals surface area contributed by atoms with Crippen molar-refractivity contribution in [3.63, 3.8) is 0 Å². The Kier molecular flexibility index (Phi) is 5.87. The molecule has 0 unspecified atom stereocenters. The summed E-state index contributed by atoms with van der Waals surface area (Å²) in [6, 6.07) is 8.67. The normalized spacial score (nSPS) is 10.4. The van der Waals surface area contributed by atoms with Gasteiger partial charge in [-0.25, -0.2) is 9.78 Å². The number of rotatable bonds is 7. The number of benzene rings is 1. The molecule has 8 heteroatoms. The number of ether oxygens (including phenoxy) is 2. The van der Waals surface area contributed by atoms with Crippen LogP contribution in [-0.4, -0.2) is 35.6 Å². The second kappa shape index (κ2) is 8.50. The first-order valence-electron chi connectivity index (χ1n) is 8.37. The standard InChI is InChI=1S/C19H19N3O4S/c1-3-7-26-14-6-4-5-12(8-14)17(23)22-19-21-16(11-27-19)13-9-15(20-10-13)18(24)25-2/h4-6,8-11,20H,3,7H2,1-2H3,(H,21,22,23). The molecule has 0 spiro atoms. The van der Waals surface area contributed by atoms with Crippen molar-refractivity contribution in [2.45, 2.75) is 13.3 Å². The zero-order valence-corrected chi connectivity index (χ0v) is 15.8. The number of aromatic amines is 1. The number of amides is 1. The molecule has 0 aliphatic heterocycles. The highest BCUT2D eigenvalue weighted by molar-refractivity contribution is 7.14. The third kappa shape index (κ3) is 4.53. The Morgan fingerprint density at radius 3 is 2.93 bits per heavy atom. The minimum atomic E-state index is -0.449. The van der Waals surface area contributed by atoms with Crippen LogP contribution in [0.2, 0.25) is 0 Å². The van der Waals surface area contributed by atoms with Crippen LogP contribution in [0.5, 0.6) is 5.75 Å². The molecule has 0 radical (unpaired) electrons. The molecule has 0 atom stereocenters. The van der Waals surface area contributed by atoms with Crippen molar-refractivity contribution in [3.8, 4) is 17.0 Å². The summed E-state index contributed by atoms with van der Waals surface area (Å²) in [7, 11) is 1.32. The maximum atomic E-state index is 12.5. The van der Waals surface area contributed by atoms with Gasteiger partial charge in [0.2, 0.25) is 0 Å². The fraction of sp³-hybridized carbons (Fsp3) is 0.211. The molecule has 0 aliphatic carbocycles. The van der Waals surface area contributed by atoms with Gasteiger partial charge in [0.1, 0.15) is 11.4 Å². The van der Waals surface area contributed by atoms with Crippen LogP contribution in [0.25, 0.3) is 11.3 Å². The van der Waals surface area contributed by atoms with Gasteiger partial charge in [-0.3, -0.25) is 10.1 Å². The second-order valence-electron chi connectivity index (χ2n) is 5.66. The van der Waals surface area contributed by atoms with Gasteiger partial charge in [-0.2, -0.15) is 0 Å². The van der Waals surface area contributed by atoms with Crippen LogP contribution in [0.15, 0.2) is 41.9 Å². The Hall–Kier alpha value is -3.13. The lowest BCUT2D eigenvalue weighted by Crippen LogP contribution is -2.11. The third-order valence-corrected chi connectivity index (χ3v) is 4.44. The molecule has 2 N–H and O–H groups in total. The van der Waals surface area contributed by atoms with E-state index in [1.54, 1.807) is 35.8 Å². The summed E-state index contributed by atoms with van der Waals surface area (Å²) in [5.74, 6) is -0.0515. The maximum Gasteiger partial charge on any atom is 0.354 e. The Bertz CT molecular complexity index is 948. The van der Waals surface area contributed by atoms with Crippen LogP contribution >= 0.6 is 11.3 Å². The van der Waals surface area contributed by atoms with Crippen LogP contribution in [0.1, 0.15) is 34.2 Å². The molecular weight excluding hydrogens is 366 g/mol. The topological polar surface area (TPSA) is 93.3 Å². The Balaban J connectivity index is 1.69. The first kappa shape index (κ1) is 18.7. The SMILES string of the molecule is CCCOc1cccc(C(=O)Nc2nc(-c3c[nH]c(C(=O)OC)c3)cs2)c1. The molecule has 140 valence electrons. The summed E-state index contributed by atoms with van der Waals surface area (Å²) < 4.78 is 10.2. The van der Waals surface area contributed by atoms with Crippen LogP contribution in [0.4, 0.5) is 5.13 Å². The monoisotopic (exact) mass is 385 g/mol. The first-order chi connectivity index (χ1) is 13.1. The second-order valence-corrected chi connectivity index (χ2v) is 6.52. The van der Waals surface area contributed by atoms with Gasteiger partial charge in [-0.1, -0.05) is 13.0 Å². The van der Waals surface area contributed by atoms with Crippen LogP contribution in [-0.2, 0) is 4.74 Å². The minimum Gasteiger partial charge on any atom is -0.494 e. The average molecular weight is 385 g/mol. The predicted molar refractivity (Wildman–Crippen MR) is 103 cm³/mol. The lowest BCUT2D eigenvalue weighted by atomic mass is 10.2. The van der Waals surface area contributed by atoms with Gasteiger partial charge in [-0.05, 0) is 30.7 Å². The van der Waals surface area contributed by atoms with E-state index in [9.17, 15) is 9.59 Å². The summed E-state index contributed by atoms with van der Waals surface area (Å²) >= 11 is 1.30. The zero-order chi connectivity index (χ0) is 19.2. The van der Waals surface area contributed by atoms with E-state index in [-0.39, 0.29) is 5.91 Å². The minimum absolute atomic E-state index is 0.262. The Labute approximate surface area is 160 Å². The summed E-state index contributed by atoms with van der Waals surface area (Å²) in [4.78, 5) is 31.2. The molecule has 2 aromatic heterocycles. The number of nitrogens with one attached hydrogen (secondary N) is 2. The molecule has 3 rings (SSSR count). The van der Waals surface area contributed by atoms with Crippen LogP contribution < -0.4 is 10.1 Å². The fourth-order valence-corrected chi connectivity index (χ4v) is 3.06. The zero-order valence-electron chi connectivity index (χ0n) is 14.9. The first-order valence-corrected chi connectivity index (χ1v) is 9.25. The van der Waals surface area contributed by atoms with Gasteiger partial charge in [0.25, 0.3) is 5.91 Å². The summed E-state index contributed by atoms with van der Waals surface area (Å²) in [5, 5.41) is 5.06. The molecule has 7 nitrogen and oxygen atoms in total. The number of thiazole rings is 1. The fourth-order valence-electron chi connectivity index (χ4n) is 2.35. The van der Waals surface area contributed by atoms with E-state index in [1.807, 2.05) is 13.0 Å². The molecule has 3 aromatic rings. The van der Waals surface area contributed by atoms with E-state index in [1.165, 1.54) is 18.4 Å². The average Bonchev–Trinajstić information content (AvgIpc) is 3.35. The molecule has 27 heavy (non-hydrogen) atoms. The van der Waals surface area contributed by atoms with Gasteiger partial charge < -0.3 is 14.5 Å². The number of aromatic nitrogens is 2. The van der Waals surface area contributed by atoms with Crippen molar-refractivity contribution in [2.75, 3.05) is 19.0 Å². The molecular formula is C19H19N3O4S. The molecule has 0 saturated heterocycles. The van der Waals surface area contributed by atoms with Gasteiger partial charge >= 0.3 is 5.97 Å². The molecule has 2 heterocycles. The highest BCUT2D eigenvalue weighted by atomic mass is 32.1. The van der Waals surface area contributed by atoms with Crippen molar-refractivity contribution in [2.24, 2.45) is 0 Å². The van der Waals surface area contributed by atoms with Crippen LogP contribution in [0.3, 0.4) is 0 Å². The van der Waals surface area contributed by atoms with Crippen molar-refractivity contribution in [1.82, 2.24) is 9.97 Å². The summed E-state index contributed by atoms with van der Waals surface area (Å²) in [6.45, 7) is 2.63. The number of hydrogen-bond acceptors (Lipinski definition) is 6. The number of hydrogen-bond donors (Lipinski definition) is 2. The van der Waals surface area contributed by atoms with Gasteiger partial charge in [0.15, 0.2) is 5.13 Å². The summed E-state index contributed by atoms with van der Waals surface area (Å²) in [6.07, 6.45) is 2.57. The highest BCUT2D eigenvalue weighted by Gasteiger charge is 2.14. The molecule has 1 amide bonds. The van der Waals surface area contributed by atoms with E-state index in [0.29, 0.717) is 34.4 Å². The van der Waals surface area contributed by atoms with E-state index in [4.69, 9.17) is 4.74 Å². The maximum absolute atomic E-state index is 12.5. The lowest BCUT2D eigenvalue weighted by molar-refractivity contribution is 0.0594. The van der Waals surface area contributed by atoms with E-state index >= 15 is 0 Å². The Morgan fingerprint density at radius 1 is 1.30 bits per heavy atom. The number of carbonyl (C=O) groups excluding carboxylic acids is 2. The molecule has 1 aromatic carbocycles. The third-order valence-electron chi connectivity index (χ3n) is 3.68. The molecule has 0 bridgehead atoms. The van der Waals surface area contributed by atoms with E-state index in [0.717, 1.165) is 12.0 Å². The van der Waals surface area contributed by atoms with Crippen molar-refractivity contribution < 1.29 is 19.1 Å². The lowest BCUT2D eigenvalue weighted by Gasteiger charge is -2.06. The van der Waals surface area contributed by atoms with Crippen molar-refractivity contribution in [3.05, 3.63) is 53.2 Å². The van der Waals surface area contributed by atoms with E-state index < -0.39 is 5.97 Å². The predicted octanol–water partition coefficient (Wildman–Crippen LogP) is 3.97. The van der Waals surface area contributed by atoms with Gasteiger partial charge in [0.05, 0.1) is 19.4 Å².